The third-order valence-corrected chi connectivity index (χ3v) is 8.57. The van der Waals surface area contributed by atoms with Crippen LogP contribution in [0.3, 0.4) is 0 Å². The smallest absolute Gasteiger partial charge is 0.228 e. The first-order chi connectivity index (χ1) is 20.9. The Bertz CT molecular complexity index is 1520. The fraction of sp³-hybridized carbons (Fsp3) is 0.400. The topological polar surface area (TPSA) is 85.4 Å². The Labute approximate surface area is 254 Å². The summed E-state index contributed by atoms with van der Waals surface area (Å²) >= 11 is 0. The number of piperazine rings is 1. The highest BCUT2D eigenvalue weighted by atomic mass is 16.1. The molecule has 2 aliphatic heterocycles. The molecule has 6 rings (SSSR count). The fourth-order valence-electron chi connectivity index (χ4n) is 6.33. The average molecular weight is 578 g/mol. The molecule has 0 radical (unpaired) electrons. The zero-order valence-electron chi connectivity index (χ0n) is 25.5. The van der Waals surface area contributed by atoms with Crippen LogP contribution in [0.25, 0.3) is 10.9 Å². The van der Waals surface area contributed by atoms with Gasteiger partial charge in [-0.15, -0.1) is 0 Å². The molecule has 0 saturated carbocycles. The number of carbonyl (C=O) groups is 1. The van der Waals surface area contributed by atoms with E-state index in [-0.39, 0.29) is 11.8 Å². The number of fused-ring (bicyclic) bond motifs is 1. The minimum atomic E-state index is 0.0544. The predicted molar refractivity (Wildman–Crippen MR) is 175 cm³/mol. The second kappa shape index (κ2) is 13.1. The lowest BCUT2D eigenvalue weighted by Crippen LogP contribution is -2.54. The fourth-order valence-corrected chi connectivity index (χ4v) is 6.33. The number of benzene rings is 3. The third kappa shape index (κ3) is 7.32. The van der Waals surface area contributed by atoms with Crippen LogP contribution >= 0.6 is 0 Å². The zero-order valence-corrected chi connectivity index (χ0v) is 25.5. The summed E-state index contributed by atoms with van der Waals surface area (Å²) in [4.78, 5) is 27.7. The molecule has 4 aromatic rings. The quantitative estimate of drug-likeness (QED) is 0.252. The van der Waals surface area contributed by atoms with E-state index in [0.717, 1.165) is 79.5 Å². The Morgan fingerprint density at radius 3 is 2.35 bits per heavy atom. The summed E-state index contributed by atoms with van der Waals surface area (Å²) in [5.41, 5.74) is 5.41. The van der Waals surface area contributed by atoms with Gasteiger partial charge in [0, 0.05) is 55.3 Å². The van der Waals surface area contributed by atoms with Crippen molar-refractivity contribution in [2.24, 2.45) is 5.92 Å². The summed E-state index contributed by atoms with van der Waals surface area (Å²) in [6.45, 7) is 11.7. The highest BCUT2D eigenvalue weighted by Gasteiger charge is 2.26. The first-order valence-corrected chi connectivity index (χ1v) is 15.6. The molecule has 0 bridgehead atoms. The molecule has 43 heavy (non-hydrogen) atoms. The lowest BCUT2D eigenvalue weighted by atomic mass is 9.95. The summed E-state index contributed by atoms with van der Waals surface area (Å²) in [6.07, 6.45) is 1.78. The third-order valence-electron chi connectivity index (χ3n) is 8.57. The molecule has 3 aromatic carbocycles. The van der Waals surface area contributed by atoms with Crippen LogP contribution < -0.4 is 20.9 Å². The summed E-state index contributed by atoms with van der Waals surface area (Å²) in [5.74, 6) is 1.79. The largest absolute Gasteiger partial charge is 0.365 e. The molecule has 2 saturated heterocycles. The number of nitrogens with zero attached hydrogens (tertiary/aromatic N) is 4. The molecule has 3 N–H and O–H groups in total. The van der Waals surface area contributed by atoms with E-state index in [4.69, 9.17) is 9.97 Å². The van der Waals surface area contributed by atoms with Crippen LogP contribution in [0.15, 0.2) is 72.8 Å². The summed E-state index contributed by atoms with van der Waals surface area (Å²) in [6, 6.07) is 25.8. The van der Waals surface area contributed by atoms with Crippen molar-refractivity contribution in [2.75, 3.05) is 41.7 Å². The van der Waals surface area contributed by atoms with Crippen molar-refractivity contribution in [3.63, 3.8) is 0 Å². The second-order valence-corrected chi connectivity index (χ2v) is 12.3. The molecule has 0 spiro atoms. The van der Waals surface area contributed by atoms with Gasteiger partial charge in [0.15, 0.2) is 0 Å². The average Bonchev–Trinajstić information content (AvgIpc) is 3.01. The predicted octanol–water partition coefficient (Wildman–Crippen LogP) is 5.59. The van der Waals surface area contributed by atoms with Crippen LogP contribution in [-0.2, 0) is 17.9 Å². The zero-order chi connectivity index (χ0) is 29.8. The van der Waals surface area contributed by atoms with Crippen LogP contribution in [0.2, 0.25) is 0 Å². The number of anilines is 3. The number of hydrogen-bond acceptors (Lipinski definition) is 7. The van der Waals surface area contributed by atoms with E-state index >= 15 is 0 Å². The molecule has 8 nitrogen and oxygen atoms in total. The van der Waals surface area contributed by atoms with Gasteiger partial charge in [-0.2, -0.15) is 4.98 Å². The van der Waals surface area contributed by atoms with Crippen molar-refractivity contribution in [3.8, 4) is 0 Å². The maximum absolute atomic E-state index is 13.0. The molecule has 1 aromatic heterocycles. The van der Waals surface area contributed by atoms with Gasteiger partial charge in [0.05, 0.1) is 5.52 Å². The monoisotopic (exact) mass is 577 g/mol. The van der Waals surface area contributed by atoms with E-state index in [9.17, 15) is 4.79 Å². The van der Waals surface area contributed by atoms with Crippen molar-refractivity contribution in [1.29, 1.82) is 0 Å². The maximum Gasteiger partial charge on any atom is 0.228 e. The van der Waals surface area contributed by atoms with Crippen molar-refractivity contribution in [3.05, 3.63) is 89.5 Å². The Morgan fingerprint density at radius 1 is 0.907 bits per heavy atom. The SMILES string of the molecule is Cc1ccc2nc(N3CC(C)NC(C)C3)nc(NCc3ccc(NC(=O)C4CCN(Cc5ccccc5)CC4)cc3)c2c1. The van der Waals surface area contributed by atoms with Gasteiger partial charge in [-0.3, -0.25) is 9.69 Å². The normalized spacial score (nSPS) is 19.8. The Hall–Kier alpha value is -4.01. The molecule has 2 aliphatic rings. The van der Waals surface area contributed by atoms with Crippen molar-refractivity contribution >= 4 is 34.3 Å². The summed E-state index contributed by atoms with van der Waals surface area (Å²) in [5, 5.41) is 11.3. The summed E-state index contributed by atoms with van der Waals surface area (Å²) in [7, 11) is 0. The van der Waals surface area contributed by atoms with E-state index in [2.05, 4.69) is 107 Å². The van der Waals surface area contributed by atoms with Gasteiger partial charge in [0.25, 0.3) is 0 Å². The van der Waals surface area contributed by atoms with Crippen LogP contribution in [0.5, 0.6) is 0 Å². The molecular weight excluding hydrogens is 534 g/mol. The number of aryl methyl sites for hydroxylation is 1. The Morgan fingerprint density at radius 2 is 1.63 bits per heavy atom. The van der Waals surface area contributed by atoms with E-state index in [1.807, 2.05) is 12.1 Å². The molecule has 0 aliphatic carbocycles. The number of aromatic nitrogens is 2. The number of likely N-dealkylation sites (tertiary alicyclic amines) is 1. The number of rotatable bonds is 8. The molecule has 224 valence electrons. The van der Waals surface area contributed by atoms with Gasteiger partial charge in [-0.05, 0) is 82.1 Å². The standard InChI is InChI=1S/C35H43N7O/c1-24-9-14-32-31(19-24)33(40-35(39-32)42-21-25(2)37-26(3)22-42)36-20-27-10-12-30(13-11-27)38-34(43)29-15-17-41(18-16-29)23-28-7-5-4-6-8-28/h4-14,19,25-26,29,37H,15-18,20-23H2,1-3H3,(H,38,43)(H,36,39,40). The lowest BCUT2D eigenvalue weighted by Gasteiger charge is -2.36. The van der Waals surface area contributed by atoms with Gasteiger partial charge in [0.2, 0.25) is 11.9 Å². The van der Waals surface area contributed by atoms with E-state index < -0.39 is 0 Å². The van der Waals surface area contributed by atoms with Crippen LogP contribution in [-0.4, -0.2) is 59.0 Å². The van der Waals surface area contributed by atoms with E-state index in [1.165, 1.54) is 11.1 Å². The number of nitrogens with one attached hydrogen (secondary N) is 3. The number of carbonyl (C=O) groups excluding carboxylic acids is 1. The number of piperidine rings is 1. The minimum Gasteiger partial charge on any atom is -0.365 e. The summed E-state index contributed by atoms with van der Waals surface area (Å²) < 4.78 is 0. The van der Waals surface area contributed by atoms with Gasteiger partial charge in [-0.25, -0.2) is 4.98 Å². The number of amides is 1. The Balaban J connectivity index is 1.06. The lowest BCUT2D eigenvalue weighted by molar-refractivity contribution is -0.121. The molecule has 1 amide bonds. The van der Waals surface area contributed by atoms with Crippen molar-refractivity contribution in [2.45, 2.75) is 58.8 Å². The van der Waals surface area contributed by atoms with E-state index in [0.29, 0.717) is 18.6 Å². The Kier molecular flexibility index (Phi) is 8.86. The number of hydrogen-bond donors (Lipinski definition) is 3. The molecule has 8 heteroatoms. The van der Waals surface area contributed by atoms with Crippen LogP contribution in [0, 0.1) is 12.8 Å². The van der Waals surface area contributed by atoms with Gasteiger partial charge < -0.3 is 20.9 Å². The van der Waals surface area contributed by atoms with Gasteiger partial charge in [0.1, 0.15) is 5.82 Å². The highest BCUT2D eigenvalue weighted by molar-refractivity contribution is 5.93. The molecule has 2 fully saturated rings. The van der Waals surface area contributed by atoms with Crippen molar-refractivity contribution in [1.82, 2.24) is 20.2 Å². The van der Waals surface area contributed by atoms with Crippen LogP contribution in [0.4, 0.5) is 17.5 Å². The van der Waals surface area contributed by atoms with Crippen LogP contribution in [0.1, 0.15) is 43.4 Å². The first kappa shape index (κ1) is 29.1. The van der Waals surface area contributed by atoms with Gasteiger partial charge >= 0.3 is 0 Å². The van der Waals surface area contributed by atoms with Gasteiger partial charge in [-0.1, -0.05) is 54.1 Å². The molecule has 3 heterocycles. The molecular formula is C35H43N7O. The highest BCUT2D eigenvalue weighted by Crippen LogP contribution is 2.27. The first-order valence-electron chi connectivity index (χ1n) is 15.6. The van der Waals surface area contributed by atoms with E-state index in [1.54, 1.807) is 0 Å². The van der Waals surface area contributed by atoms with Crippen molar-refractivity contribution < 1.29 is 4.79 Å². The molecule has 2 unspecified atom stereocenters. The minimum absolute atomic E-state index is 0.0544. The second-order valence-electron chi connectivity index (χ2n) is 12.3. The maximum atomic E-state index is 13.0. The molecule has 2 atom stereocenters.